The summed E-state index contributed by atoms with van der Waals surface area (Å²) in [5.74, 6) is 0. The molecule has 1 aliphatic rings. The van der Waals surface area contributed by atoms with Gasteiger partial charge in [0.1, 0.15) is 6.20 Å². The van der Waals surface area contributed by atoms with E-state index in [1.807, 2.05) is 0 Å². The molecule has 1 heterocycles. The Morgan fingerprint density at radius 1 is 1.12 bits per heavy atom. The molecule has 0 aromatic carbocycles. The molecule has 0 aliphatic carbocycles. The standard InChI is InChI=1S/C13H23N.CN/c1-3-5-7-10-14-11-9-13(12-14)8-6-4-2;1-2/h9,11-12H,3-8,10H2,1-2H3;/q;-1/p+1. The maximum Gasteiger partial charge on any atom is 0.102 e. The molecule has 2 heteroatoms. The van der Waals surface area contributed by atoms with E-state index in [1.165, 1.54) is 45.1 Å². The van der Waals surface area contributed by atoms with Crippen LogP contribution >= 0.6 is 0 Å². The van der Waals surface area contributed by atoms with Gasteiger partial charge in [0.05, 0.1) is 12.7 Å². The lowest BCUT2D eigenvalue weighted by Crippen LogP contribution is -3.01. The van der Waals surface area contributed by atoms with Crippen molar-refractivity contribution in [1.82, 2.24) is 0 Å². The van der Waals surface area contributed by atoms with Crippen molar-refractivity contribution in [1.29, 1.82) is 5.26 Å². The van der Waals surface area contributed by atoms with Crippen LogP contribution in [0.15, 0.2) is 24.0 Å². The Morgan fingerprint density at radius 2 is 1.81 bits per heavy atom. The molecule has 1 atom stereocenters. The van der Waals surface area contributed by atoms with Gasteiger partial charge in [0.25, 0.3) is 0 Å². The molecule has 0 saturated carbocycles. The minimum atomic E-state index is 1.27. The summed E-state index contributed by atoms with van der Waals surface area (Å²) in [7, 11) is 0. The number of hydrogen-bond acceptors (Lipinski definition) is 1. The summed E-state index contributed by atoms with van der Waals surface area (Å²) in [6.07, 6.45) is 15.0. The molecule has 0 radical (unpaired) electrons. The average molecular weight is 220 g/mol. The van der Waals surface area contributed by atoms with E-state index in [2.05, 4.69) is 32.3 Å². The predicted octanol–water partition coefficient (Wildman–Crippen LogP) is 2.76. The summed E-state index contributed by atoms with van der Waals surface area (Å²) in [5.41, 5.74) is 1.54. The molecular formula is C14H24N2. The van der Waals surface area contributed by atoms with Crippen LogP contribution < -0.4 is 4.90 Å². The number of allylic oxidation sites excluding steroid dienone is 2. The first kappa shape index (κ1) is 14.9. The van der Waals surface area contributed by atoms with Crippen molar-refractivity contribution in [3.05, 3.63) is 30.6 Å². The molecule has 1 unspecified atom stereocenters. The van der Waals surface area contributed by atoms with E-state index in [0.717, 1.165) is 0 Å². The summed E-state index contributed by atoms with van der Waals surface area (Å²) in [4.78, 5) is 1.55. The largest absolute Gasteiger partial charge is 0.512 e. The van der Waals surface area contributed by atoms with Crippen molar-refractivity contribution in [2.24, 2.45) is 0 Å². The minimum Gasteiger partial charge on any atom is -0.512 e. The highest BCUT2D eigenvalue weighted by Gasteiger charge is 2.09. The molecular weight excluding hydrogens is 196 g/mol. The van der Waals surface area contributed by atoms with E-state index >= 15 is 0 Å². The van der Waals surface area contributed by atoms with Crippen LogP contribution in [0.1, 0.15) is 52.4 Å². The predicted molar refractivity (Wildman–Crippen MR) is 67.1 cm³/mol. The van der Waals surface area contributed by atoms with Crippen molar-refractivity contribution >= 4 is 0 Å². The van der Waals surface area contributed by atoms with Crippen LogP contribution in [0.3, 0.4) is 0 Å². The van der Waals surface area contributed by atoms with E-state index in [4.69, 9.17) is 11.8 Å². The normalized spacial score (nSPS) is 17.8. The SMILES string of the molecule is CCCCC[NH+]1C=CC(CCCC)=C1.[C-]#N. The molecule has 16 heavy (non-hydrogen) atoms. The second-order valence-corrected chi connectivity index (χ2v) is 4.19. The second-order valence-electron chi connectivity index (χ2n) is 4.19. The van der Waals surface area contributed by atoms with Gasteiger partial charge in [-0.25, -0.2) is 0 Å². The van der Waals surface area contributed by atoms with E-state index in [0.29, 0.717) is 0 Å². The van der Waals surface area contributed by atoms with E-state index in [1.54, 1.807) is 10.5 Å². The van der Waals surface area contributed by atoms with E-state index < -0.39 is 0 Å². The molecule has 0 fully saturated rings. The molecule has 2 nitrogen and oxygen atoms in total. The third-order valence-corrected chi connectivity index (χ3v) is 2.77. The number of unbranched alkanes of at least 4 members (excludes halogenated alkanes) is 3. The fraction of sp³-hybridized carbons (Fsp3) is 0.643. The quantitative estimate of drug-likeness (QED) is 0.518. The Bertz CT molecular complexity index is 238. The Morgan fingerprint density at radius 3 is 2.44 bits per heavy atom. The van der Waals surface area contributed by atoms with Crippen LogP contribution in [0.2, 0.25) is 0 Å². The first-order valence-electron chi connectivity index (χ1n) is 6.33. The van der Waals surface area contributed by atoms with Crippen LogP contribution in [0, 0.1) is 11.8 Å². The van der Waals surface area contributed by atoms with Gasteiger partial charge in [0, 0.05) is 11.6 Å². The maximum absolute atomic E-state index is 6.25. The van der Waals surface area contributed by atoms with Crippen LogP contribution in [0.5, 0.6) is 0 Å². The topological polar surface area (TPSA) is 28.2 Å². The molecule has 0 bridgehead atoms. The molecule has 0 aromatic rings. The zero-order chi connectivity index (χ0) is 12.2. The molecule has 1 rings (SSSR count). The lowest BCUT2D eigenvalue weighted by molar-refractivity contribution is -0.788. The highest BCUT2D eigenvalue weighted by Crippen LogP contribution is 2.08. The third kappa shape index (κ3) is 6.42. The Balaban J connectivity index is 0.00000106. The first-order valence-corrected chi connectivity index (χ1v) is 6.33. The van der Waals surface area contributed by atoms with Crippen molar-refractivity contribution in [3.8, 4) is 0 Å². The number of hydrogen-bond donors (Lipinski definition) is 1. The van der Waals surface area contributed by atoms with Gasteiger partial charge in [-0.3, -0.25) is 4.90 Å². The zero-order valence-corrected chi connectivity index (χ0v) is 10.6. The summed E-state index contributed by atoms with van der Waals surface area (Å²) < 4.78 is 0. The van der Waals surface area contributed by atoms with E-state index in [9.17, 15) is 0 Å². The lowest BCUT2D eigenvalue weighted by atomic mass is 10.1. The average Bonchev–Trinajstić information content (AvgIpc) is 2.77. The smallest absolute Gasteiger partial charge is 0.102 e. The van der Waals surface area contributed by atoms with Crippen molar-refractivity contribution < 1.29 is 4.90 Å². The molecule has 1 aliphatic heterocycles. The Labute approximate surface area is 100 Å². The van der Waals surface area contributed by atoms with Gasteiger partial charge in [-0.1, -0.05) is 26.7 Å². The maximum atomic E-state index is 6.25. The highest BCUT2D eigenvalue weighted by molar-refractivity contribution is 5.17. The number of nitrogens with one attached hydrogen (secondary N) is 1. The summed E-state index contributed by atoms with van der Waals surface area (Å²) in [6, 6.07) is 0. The molecule has 0 aromatic heterocycles. The van der Waals surface area contributed by atoms with Crippen molar-refractivity contribution in [3.63, 3.8) is 0 Å². The monoisotopic (exact) mass is 220 g/mol. The van der Waals surface area contributed by atoms with Gasteiger partial charge in [0.15, 0.2) is 0 Å². The van der Waals surface area contributed by atoms with E-state index in [-0.39, 0.29) is 0 Å². The summed E-state index contributed by atoms with van der Waals surface area (Å²) in [6.45, 7) is 10.5. The Kier molecular flexibility index (Phi) is 9.75. The van der Waals surface area contributed by atoms with Crippen LogP contribution in [-0.4, -0.2) is 6.54 Å². The fourth-order valence-electron chi connectivity index (χ4n) is 1.82. The molecule has 1 N–H and O–H groups in total. The van der Waals surface area contributed by atoms with Crippen LogP contribution in [0.25, 0.3) is 0 Å². The third-order valence-electron chi connectivity index (χ3n) is 2.77. The zero-order valence-electron chi connectivity index (χ0n) is 10.6. The van der Waals surface area contributed by atoms with Gasteiger partial charge < -0.3 is 11.8 Å². The molecule has 0 saturated heterocycles. The summed E-state index contributed by atoms with van der Waals surface area (Å²) >= 11 is 0. The van der Waals surface area contributed by atoms with Gasteiger partial charge >= 0.3 is 0 Å². The first-order chi connectivity index (χ1) is 7.86. The Hall–Kier alpha value is -1.07. The summed E-state index contributed by atoms with van der Waals surface area (Å²) in [5, 5.41) is 6.25. The van der Waals surface area contributed by atoms with Crippen LogP contribution in [0.4, 0.5) is 0 Å². The van der Waals surface area contributed by atoms with Gasteiger partial charge in [-0.05, 0) is 25.7 Å². The molecule has 0 spiro atoms. The van der Waals surface area contributed by atoms with Crippen molar-refractivity contribution in [2.45, 2.75) is 52.4 Å². The molecule has 0 amide bonds. The van der Waals surface area contributed by atoms with Crippen LogP contribution in [-0.2, 0) is 0 Å². The molecule has 90 valence electrons. The highest BCUT2D eigenvalue weighted by atomic mass is 15.1. The fourth-order valence-corrected chi connectivity index (χ4v) is 1.82. The lowest BCUT2D eigenvalue weighted by Gasteiger charge is -2.05. The number of quaternary nitrogens is 1. The second kappa shape index (κ2) is 10.4. The number of rotatable bonds is 7. The van der Waals surface area contributed by atoms with Gasteiger partial charge in [-0.15, -0.1) is 0 Å². The minimum absolute atomic E-state index is 1.27. The van der Waals surface area contributed by atoms with Gasteiger partial charge in [-0.2, -0.15) is 0 Å². The van der Waals surface area contributed by atoms with Gasteiger partial charge in [0.2, 0.25) is 0 Å². The number of nitrogens with zero attached hydrogens (tertiary/aromatic N) is 1. The van der Waals surface area contributed by atoms with Crippen molar-refractivity contribution in [2.75, 3.05) is 6.54 Å².